The summed E-state index contributed by atoms with van der Waals surface area (Å²) in [5, 5.41) is 0. The predicted octanol–water partition coefficient (Wildman–Crippen LogP) is 1.93. The summed E-state index contributed by atoms with van der Waals surface area (Å²) in [4.78, 5) is 0. The van der Waals surface area contributed by atoms with E-state index in [0.717, 1.165) is 0 Å². The molecule has 0 spiro atoms. The lowest BCUT2D eigenvalue weighted by molar-refractivity contribution is 1.36. The molecule has 0 saturated heterocycles. The lowest BCUT2D eigenvalue weighted by Gasteiger charge is -1.76. The van der Waals surface area contributed by atoms with Crippen molar-refractivity contribution in [3.05, 3.63) is 17.6 Å². The van der Waals surface area contributed by atoms with Crippen molar-refractivity contribution in [2.75, 3.05) is 0 Å². The summed E-state index contributed by atoms with van der Waals surface area (Å²) in [5.74, 6) is 0. The highest BCUT2D eigenvalue weighted by Gasteiger charge is 2.11. The quantitative estimate of drug-likeness (QED) is 0.418. The summed E-state index contributed by atoms with van der Waals surface area (Å²) in [5.41, 5.74) is 3.03. The van der Waals surface area contributed by atoms with E-state index in [1.807, 2.05) is 0 Å². The summed E-state index contributed by atoms with van der Waals surface area (Å²) in [6.45, 7) is 4.30. The van der Waals surface area contributed by atoms with E-state index in [4.69, 9.17) is 0 Å². The minimum Gasteiger partial charge on any atom is -0.0769 e. The first-order valence-corrected chi connectivity index (χ1v) is 2.30. The summed E-state index contributed by atoms with van der Waals surface area (Å²) >= 11 is 0. The van der Waals surface area contributed by atoms with Crippen molar-refractivity contribution in [3.63, 3.8) is 0 Å². The Morgan fingerprint density at radius 3 is 2.17 bits per heavy atom. The fraction of sp³-hybridized carbons (Fsp3) is 0.500. The van der Waals surface area contributed by atoms with Gasteiger partial charge >= 0.3 is 0 Å². The third-order valence-corrected chi connectivity index (χ3v) is 1.05. The van der Waals surface area contributed by atoms with Gasteiger partial charge in [0.25, 0.3) is 0 Å². The molecule has 1 aliphatic carbocycles. The summed E-state index contributed by atoms with van der Waals surface area (Å²) in [7, 11) is 0. The molecule has 0 bridgehead atoms. The van der Waals surface area contributed by atoms with Gasteiger partial charge in [0.15, 0.2) is 0 Å². The average molecular weight is 81.1 g/mol. The van der Waals surface area contributed by atoms with E-state index in [2.05, 4.69) is 20.3 Å². The van der Waals surface area contributed by atoms with Crippen molar-refractivity contribution in [2.24, 2.45) is 0 Å². The Bertz CT molecular complexity index is 78.2. The predicted molar refractivity (Wildman–Crippen MR) is 27.3 cm³/mol. The van der Waals surface area contributed by atoms with Crippen LogP contribution in [0.1, 0.15) is 20.3 Å². The molecule has 0 amide bonds. The molecule has 0 aromatic carbocycles. The second-order valence-electron chi connectivity index (χ2n) is 1.93. The van der Waals surface area contributed by atoms with E-state index in [1.165, 1.54) is 12.0 Å². The zero-order valence-corrected chi connectivity index (χ0v) is 4.28. The molecule has 0 heteroatoms. The maximum Gasteiger partial charge on any atom is -0.00943 e. The van der Waals surface area contributed by atoms with Gasteiger partial charge in [-0.15, -0.1) is 0 Å². The Morgan fingerprint density at radius 2 is 2.17 bits per heavy atom. The minimum absolute atomic E-state index is 1.25. The van der Waals surface area contributed by atoms with Gasteiger partial charge in [-0.05, 0) is 26.7 Å². The van der Waals surface area contributed by atoms with Crippen LogP contribution in [0.25, 0.3) is 0 Å². The first kappa shape index (κ1) is 3.91. The van der Waals surface area contributed by atoms with Crippen LogP contribution in [0.2, 0.25) is 0 Å². The van der Waals surface area contributed by atoms with Gasteiger partial charge in [-0.2, -0.15) is 0 Å². The van der Waals surface area contributed by atoms with E-state index < -0.39 is 0 Å². The van der Waals surface area contributed by atoms with E-state index in [0.29, 0.717) is 0 Å². The second-order valence-corrected chi connectivity index (χ2v) is 1.93. The third-order valence-electron chi connectivity index (χ3n) is 1.05. The first-order valence-electron chi connectivity index (χ1n) is 2.30. The molecule has 1 aliphatic rings. The smallest absolute Gasteiger partial charge is 0.00943 e. The van der Waals surface area contributed by atoms with Crippen molar-refractivity contribution >= 4 is 0 Å². The highest BCUT2D eigenvalue weighted by atomic mass is 14.2. The van der Waals surface area contributed by atoms with Crippen LogP contribution in [-0.4, -0.2) is 0 Å². The molecule has 1 fully saturated rings. The lowest BCUT2D eigenvalue weighted by atomic mass is 10.3. The van der Waals surface area contributed by atoms with Gasteiger partial charge in [-0.1, -0.05) is 11.1 Å². The Morgan fingerprint density at radius 1 is 1.67 bits per heavy atom. The fourth-order valence-corrected chi connectivity index (χ4v) is 0.459. The Balaban J connectivity index is 2.61. The van der Waals surface area contributed by atoms with E-state index in [9.17, 15) is 0 Å². The van der Waals surface area contributed by atoms with Crippen LogP contribution in [0, 0.1) is 6.42 Å². The van der Waals surface area contributed by atoms with Gasteiger partial charge in [0.1, 0.15) is 0 Å². The maximum absolute atomic E-state index is 2.25. The molecule has 1 saturated carbocycles. The summed E-state index contributed by atoms with van der Waals surface area (Å²) in [6.07, 6.45) is 3.50. The molecule has 0 nitrogen and oxygen atoms in total. The van der Waals surface area contributed by atoms with Crippen LogP contribution >= 0.6 is 0 Å². The molecule has 0 aromatic heterocycles. The largest absolute Gasteiger partial charge is 0.0769 e. The van der Waals surface area contributed by atoms with Gasteiger partial charge in [0.05, 0.1) is 0 Å². The first-order chi connectivity index (χ1) is 2.80. The van der Waals surface area contributed by atoms with Crippen molar-refractivity contribution in [1.29, 1.82) is 0 Å². The standard InChI is InChI=1S/C6H9/c1-5(2)6-3-4-6/h3H,4H2,1-2H3. The normalized spacial score (nSPS) is 18.0. The number of hydrogen-bond donors (Lipinski definition) is 0. The monoisotopic (exact) mass is 81.1 g/mol. The van der Waals surface area contributed by atoms with Gasteiger partial charge in [0, 0.05) is 0 Å². The zero-order chi connectivity index (χ0) is 4.57. The number of hydrogen-bond acceptors (Lipinski definition) is 0. The summed E-state index contributed by atoms with van der Waals surface area (Å²) in [6, 6.07) is 0. The highest BCUT2D eigenvalue weighted by Crippen LogP contribution is 2.28. The van der Waals surface area contributed by atoms with Gasteiger partial charge in [-0.3, -0.25) is 0 Å². The maximum atomic E-state index is 2.25. The molecule has 0 heterocycles. The molecule has 0 aromatic rings. The molecule has 1 radical (unpaired) electrons. The Kier molecular flexibility index (Phi) is 0.722. The van der Waals surface area contributed by atoms with E-state index in [-0.39, 0.29) is 0 Å². The topological polar surface area (TPSA) is 0 Å². The Labute approximate surface area is 38.9 Å². The fourth-order valence-electron chi connectivity index (χ4n) is 0.459. The SMILES string of the molecule is CC(C)=C1[CH]C1. The van der Waals surface area contributed by atoms with Crippen LogP contribution in [0.4, 0.5) is 0 Å². The van der Waals surface area contributed by atoms with Crippen molar-refractivity contribution < 1.29 is 0 Å². The van der Waals surface area contributed by atoms with E-state index >= 15 is 0 Å². The van der Waals surface area contributed by atoms with Crippen LogP contribution in [-0.2, 0) is 0 Å². The van der Waals surface area contributed by atoms with Crippen molar-refractivity contribution in [1.82, 2.24) is 0 Å². The van der Waals surface area contributed by atoms with Crippen LogP contribution < -0.4 is 0 Å². The molecule has 0 atom stereocenters. The van der Waals surface area contributed by atoms with Crippen LogP contribution in [0.15, 0.2) is 11.1 Å². The van der Waals surface area contributed by atoms with Crippen LogP contribution in [0.3, 0.4) is 0 Å². The molecule has 33 valence electrons. The molecular formula is C6H9. The highest BCUT2D eigenvalue weighted by molar-refractivity contribution is 5.35. The molecular weight excluding hydrogens is 72.1 g/mol. The lowest BCUT2D eigenvalue weighted by Crippen LogP contribution is -1.55. The molecule has 0 unspecified atom stereocenters. The average Bonchev–Trinajstić information content (AvgIpc) is 2.06. The van der Waals surface area contributed by atoms with Gasteiger partial charge in [0.2, 0.25) is 0 Å². The van der Waals surface area contributed by atoms with Gasteiger partial charge < -0.3 is 0 Å². The van der Waals surface area contributed by atoms with Crippen molar-refractivity contribution in [2.45, 2.75) is 20.3 Å². The van der Waals surface area contributed by atoms with Gasteiger partial charge in [-0.25, -0.2) is 0 Å². The summed E-state index contributed by atoms with van der Waals surface area (Å²) < 4.78 is 0. The molecule has 6 heavy (non-hydrogen) atoms. The Hall–Kier alpha value is -0.260. The molecule has 1 rings (SSSR count). The van der Waals surface area contributed by atoms with Crippen molar-refractivity contribution in [3.8, 4) is 0 Å². The van der Waals surface area contributed by atoms with Crippen LogP contribution in [0.5, 0.6) is 0 Å². The third kappa shape index (κ3) is 0.618. The minimum atomic E-state index is 1.25. The number of rotatable bonds is 0. The number of allylic oxidation sites excluding steroid dienone is 2. The molecule has 0 aliphatic heterocycles. The molecule has 0 N–H and O–H groups in total. The zero-order valence-electron chi connectivity index (χ0n) is 4.28. The second kappa shape index (κ2) is 1.11. The van der Waals surface area contributed by atoms with E-state index in [1.54, 1.807) is 5.57 Å².